The van der Waals surface area contributed by atoms with Gasteiger partial charge in [-0.1, -0.05) is 28.1 Å². The summed E-state index contributed by atoms with van der Waals surface area (Å²) in [5.41, 5.74) is 3.39. The van der Waals surface area contributed by atoms with Crippen molar-refractivity contribution in [2.24, 2.45) is 4.99 Å². The van der Waals surface area contributed by atoms with E-state index in [0.717, 1.165) is 15.6 Å². The second-order valence-electron chi connectivity index (χ2n) is 6.79. The minimum absolute atomic E-state index is 0.000495. The fourth-order valence-electron chi connectivity index (χ4n) is 3.56. The molecule has 4 rings (SSSR count). The molecule has 2 aromatic carbocycles. The number of phenols is 1. The minimum atomic E-state index is -0.752. The van der Waals surface area contributed by atoms with Crippen LogP contribution in [0.25, 0.3) is 10.9 Å². The Hall–Kier alpha value is -2.58. The molecule has 1 aliphatic rings. The number of hydrogen-bond acceptors (Lipinski definition) is 6. The van der Waals surface area contributed by atoms with Gasteiger partial charge < -0.3 is 20.3 Å². The molecule has 1 aliphatic heterocycles. The van der Waals surface area contributed by atoms with E-state index in [1.165, 1.54) is 7.11 Å². The number of nitrogens with one attached hydrogen (secondary N) is 1. The SMILES string of the molecule is COc1cc2c(cc1O)c(=NC(C)c1cccc(Br)c1C)nc1n2C(O)CN1. The molecular formula is C20H21BrN4O3. The Kier molecular flexibility index (Phi) is 4.76. The lowest BCUT2D eigenvalue weighted by Gasteiger charge is -2.15. The molecule has 3 N–H and O–H groups in total. The Morgan fingerprint density at radius 1 is 1.39 bits per heavy atom. The molecule has 0 radical (unpaired) electrons. The molecule has 0 bridgehead atoms. The maximum atomic E-state index is 10.4. The van der Waals surface area contributed by atoms with Crippen LogP contribution >= 0.6 is 15.9 Å². The lowest BCUT2D eigenvalue weighted by Crippen LogP contribution is -2.17. The molecule has 7 nitrogen and oxygen atoms in total. The Balaban J connectivity index is 1.98. The summed E-state index contributed by atoms with van der Waals surface area (Å²) in [5, 5.41) is 24.4. The summed E-state index contributed by atoms with van der Waals surface area (Å²) in [6, 6.07) is 9.16. The highest BCUT2D eigenvalue weighted by atomic mass is 79.9. The zero-order chi connectivity index (χ0) is 20.0. The second kappa shape index (κ2) is 7.10. The van der Waals surface area contributed by atoms with E-state index >= 15 is 0 Å². The van der Waals surface area contributed by atoms with Gasteiger partial charge in [0.15, 0.2) is 23.2 Å². The van der Waals surface area contributed by atoms with Gasteiger partial charge in [-0.25, -0.2) is 0 Å². The van der Waals surface area contributed by atoms with Gasteiger partial charge in [-0.2, -0.15) is 4.98 Å². The first kappa shape index (κ1) is 18.8. The number of aliphatic hydroxyl groups excluding tert-OH is 1. The van der Waals surface area contributed by atoms with Crippen molar-refractivity contribution >= 4 is 32.8 Å². The van der Waals surface area contributed by atoms with E-state index in [1.807, 2.05) is 32.0 Å². The van der Waals surface area contributed by atoms with Crippen LogP contribution < -0.4 is 15.5 Å². The third kappa shape index (κ3) is 3.02. The third-order valence-electron chi connectivity index (χ3n) is 5.05. The maximum Gasteiger partial charge on any atom is 0.207 e. The summed E-state index contributed by atoms with van der Waals surface area (Å²) >= 11 is 3.57. The van der Waals surface area contributed by atoms with Crippen LogP contribution in [0.3, 0.4) is 0 Å². The molecule has 0 amide bonds. The number of phenolic OH excluding ortho intramolecular Hbond substituents is 1. The molecule has 0 saturated carbocycles. The molecule has 0 fully saturated rings. The summed E-state index contributed by atoms with van der Waals surface area (Å²) in [6.07, 6.45) is -0.752. The van der Waals surface area contributed by atoms with Crippen LogP contribution in [0.2, 0.25) is 0 Å². The first-order chi connectivity index (χ1) is 13.4. The molecule has 2 atom stereocenters. The van der Waals surface area contributed by atoms with Crippen LogP contribution in [-0.4, -0.2) is 33.4 Å². The van der Waals surface area contributed by atoms with E-state index in [4.69, 9.17) is 9.73 Å². The first-order valence-electron chi connectivity index (χ1n) is 8.94. The number of ether oxygens (including phenoxy) is 1. The number of halogens is 1. The highest BCUT2D eigenvalue weighted by Gasteiger charge is 2.24. The Labute approximate surface area is 170 Å². The summed E-state index contributed by atoms with van der Waals surface area (Å²) in [5.74, 6) is 0.861. The summed E-state index contributed by atoms with van der Waals surface area (Å²) < 4.78 is 7.96. The number of aromatic nitrogens is 2. The maximum absolute atomic E-state index is 10.4. The zero-order valence-electron chi connectivity index (χ0n) is 15.8. The molecule has 0 aliphatic carbocycles. The Bertz CT molecular complexity index is 1140. The van der Waals surface area contributed by atoms with Gasteiger partial charge >= 0.3 is 0 Å². The van der Waals surface area contributed by atoms with Crippen LogP contribution in [0.5, 0.6) is 11.5 Å². The number of rotatable bonds is 3. The monoisotopic (exact) mass is 444 g/mol. The van der Waals surface area contributed by atoms with Crippen molar-refractivity contribution < 1.29 is 14.9 Å². The van der Waals surface area contributed by atoms with Gasteiger partial charge in [-0.05, 0) is 37.1 Å². The van der Waals surface area contributed by atoms with E-state index < -0.39 is 6.23 Å². The highest BCUT2D eigenvalue weighted by molar-refractivity contribution is 9.10. The Morgan fingerprint density at radius 2 is 2.18 bits per heavy atom. The van der Waals surface area contributed by atoms with E-state index in [1.54, 1.807) is 16.7 Å². The van der Waals surface area contributed by atoms with E-state index in [0.29, 0.717) is 34.6 Å². The highest BCUT2D eigenvalue weighted by Crippen LogP contribution is 2.33. The van der Waals surface area contributed by atoms with Crippen molar-refractivity contribution in [3.8, 4) is 11.5 Å². The Morgan fingerprint density at radius 3 is 2.93 bits per heavy atom. The average molecular weight is 445 g/mol. The molecular weight excluding hydrogens is 424 g/mol. The molecule has 2 unspecified atom stereocenters. The van der Waals surface area contributed by atoms with Crippen molar-refractivity contribution in [2.75, 3.05) is 19.0 Å². The standard InChI is InChI=1S/C20H21BrN4O3/c1-10-12(5-4-6-14(10)21)11(2)23-19-13-7-16(26)17(28-3)8-15(13)25-18(27)9-22-20(25)24-19/h4-8,11,18,26-27H,9H2,1-3H3,(H,22,23,24). The van der Waals surface area contributed by atoms with Crippen LogP contribution in [0.15, 0.2) is 39.8 Å². The van der Waals surface area contributed by atoms with Crippen LogP contribution in [0.4, 0.5) is 5.95 Å². The number of nitrogens with zero attached hydrogens (tertiary/aromatic N) is 3. The molecule has 0 spiro atoms. The van der Waals surface area contributed by atoms with Crippen LogP contribution in [0, 0.1) is 6.92 Å². The normalized spacial score (nSPS) is 17.5. The van der Waals surface area contributed by atoms with Crippen LogP contribution in [0.1, 0.15) is 30.3 Å². The lowest BCUT2D eigenvalue weighted by atomic mass is 10.0. The largest absolute Gasteiger partial charge is 0.504 e. The van der Waals surface area contributed by atoms with Gasteiger partial charge in [0.05, 0.1) is 25.2 Å². The zero-order valence-corrected chi connectivity index (χ0v) is 17.4. The molecule has 1 aromatic heterocycles. The van der Waals surface area contributed by atoms with Gasteiger partial charge in [0.1, 0.15) is 0 Å². The van der Waals surface area contributed by atoms with Gasteiger partial charge in [-0.3, -0.25) is 9.56 Å². The quantitative estimate of drug-likeness (QED) is 0.575. The van der Waals surface area contributed by atoms with Crippen molar-refractivity contribution in [1.29, 1.82) is 0 Å². The van der Waals surface area contributed by atoms with E-state index in [9.17, 15) is 10.2 Å². The van der Waals surface area contributed by atoms with Gasteiger partial charge in [0.2, 0.25) is 5.95 Å². The summed E-state index contributed by atoms with van der Waals surface area (Å²) in [4.78, 5) is 9.45. The molecule has 3 aromatic rings. The molecule has 0 saturated heterocycles. The number of fused-ring (bicyclic) bond motifs is 3. The van der Waals surface area contributed by atoms with Crippen molar-refractivity contribution in [1.82, 2.24) is 9.55 Å². The minimum Gasteiger partial charge on any atom is -0.504 e. The van der Waals surface area contributed by atoms with Gasteiger partial charge in [-0.15, -0.1) is 0 Å². The molecule has 146 valence electrons. The number of methoxy groups -OCH3 is 1. The molecule has 28 heavy (non-hydrogen) atoms. The second-order valence-corrected chi connectivity index (χ2v) is 7.65. The topological polar surface area (TPSA) is 91.9 Å². The fourth-order valence-corrected chi connectivity index (χ4v) is 3.94. The predicted octanol–water partition coefficient (Wildman–Crippen LogP) is 3.40. The van der Waals surface area contributed by atoms with Gasteiger partial charge in [0, 0.05) is 15.9 Å². The number of benzene rings is 2. The van der Waals surface area contributed by atoms with Gasteiger partial charge in [0.25, 0.3) is 0 Å². The smallest absolute Gasteiger partial charge is 0.207 e. The average Bonchev–Trinajstić information content (AvgIpc) is 3.04. The van der Waals surface area contributed by atoms with Crippen molar-refractivity contribution in [3.05, 3.63) is 51.4 Å². The first-order valence-corrected chi connectivity index (χ1v) is 9.74. The summed E-state index contributed by atoms with van der Waals surface area (Å²) in [6.45, 7) is 4.41. The third-order valence-corrected chi connectivity index (χ3v) is 5.91. The van der Waals surface area contributed by atoms with Crippen LogP contribution in [-0.2, 0) is 0 Å². The van der Waals surface area contributed by atoms with Crippen molar-refractivity contribution in [2.45, 2.75) is 26.1 Å². The number of β-amino-alcohol motifs (C(OH)–C–C–N with tert-alkyl or cyclic N) is 1. The van der Waals surface area contributed by atoms with Crippen molar-refractivity contribution in [3.63, 3.8) is 0 Å². The van der Waals surface area contributed by atoms with E-state index in [-0.39, 0.29) is 11.8 Å². The molecule has 8 heteroatoms. The number of aliphatic hydroxyl groups is 1. The fraction of sp³-hybridized carbons (Fsp3) is 0.300. The lowest BCUT2D eigenvalue weighted by molar-refractivity contribution is 0.135. The number of aromatic hydroxyl groups is 1. The summed E-state index contributed by atoms with van der Waals surface area (Å²) in [7, 11) is 1.49. The van der Waals surface area contributed by atoms with E-state index in [2.05, 4.69) is 26.2 Å². The number of anilines is 1. The predicted molar refractivity (Wildman–Crippen MR) is 111 cm³/mol. The molecule has 2 heterocycles. The number of hydrogen-bond donors (Lipinski definition) is 3.